The molecule has 0 aliphatic heterocycles. The first-order chi connectivity index (χ1) is 8.54. The van der Waals surface area contributed by atoms with Crippen molar-refractivity contribution in [3.05, 3.63) is 22.9 Å². The number of hydrogen-bond acceptors (Lipinski definition) is 3. The third kappa shape index (κ3) is 2.19. The third-order valence-corrected chi connectivity index (χ3v) is 3.91. The lowest BCUT2D eigenvalue weighted by molar-refractivity contribution is 0.655. The largest absolute Gasteiger partial charge is 0.384 e. The molecule has 3 N–H and O–H groups in total. The summed E-state index contributed by atoms with van der Waals surface area (Å²) < 4.78 is 0. The van der Waals surface area contributed by atoms with Crippen LogP contribution in [-0.2, 0) is 12.8 Å². The normalized spacial score (nSPS) is 15.3. The fraction of sp³-hybridized carbons (Fsp3) is 0.571. The molecule has 98 valence electrons. The Hall–Kier alpha value is -1.58. The van der Waals surface area contributed by atoms with E-state index in [1.165, 1.54) is 11.3 Å². The fourth-order valence-electron chi connectivity index (χ4n) is 2.41. The van der Waals surface area contributed by atoms with Crippen molar-refractivity contribution < 1.29 is 0 Å². The van der Waals surface area contributed by atoms with Gasteiger partial charge in [0.1, 0.15) is 11.7 Å². The Kier molecular flexibility index (Phi) is 3.55. The minimum Gasteiger partial charge on any atom is -0.384 e. The summed E-state index contributed by atoms with van der Waals surface area (Å²) in [6.07, 6.45) is 4.33. The molecule has 1 heterocycles. The topological polar surface area (TPSA) is 66.0 Å². The number of nitrogens with one attached hydrogen (secondary N) is 1. The molecule has 4 nitrogen and oxygen atoms in total. The van der Waals surface area contributed by atoms with Crippen LogP contribution in [0.15, 0.2) is 6.07 Å². The van der Waals surface area contributed by atoms with Crippen molar-refractivity contribution in [3.8, 4) is 0 Å². The number of aromatic nitrogens is 1. The molecule has 1 aliphatic rings. The van der Waals surface area contributed by atoms with Crippen LogP contribution < -0.4 is 10.6 Å². The van der Waals surface area contributed by atoms with Crippen molar-refractivity contribution in [2.24, 2.45) is 5.73 Å². The van der Waals surface area contributed by atoms with Crippen molar-refractivity contribution in [2.75, 3.05) is 11.9 Å². The number of aryl methyl sites for hydroxylation is 2. The minimum atomic E-state index is 0.113. The summed E-state index contributed by atoms with van der Waals surface area (Å²) in [6, 6.07) is 2.46. The molecule has 0 fully saturated rings. The van der Waals surface area contributed by atoms with Crippen LogP contribution in [0.2, 0.25) is 0 Å². The molecule has 4 heteroatoms. The van der Waals surface area contributed by atoms with Gasteiger partial charge in [-0.2, -0.15) is 0 Å². The number of rotatable bonds is 4. The predicted octanol–water partition coefficient (Wildman–Crippen LogP) is 2.09. The van der Waals surface area contributed by atoms with Gasteiger partial charge in [0.15, 0.2) is 0 Å². The van der Waals surface area contributed by atoms with E-state index in [1.807, 2.05) is 7.05 Å². The first-order valence-corrected chi connectivity index (χ1v) is 6.64. The maximum Gasteiger partial charge on any atom is 0.139 e. The van der Waals surface area contributed by atoms with Gasteiger partial charge in [-0.25, -0.2) is 4.98 Å². The predicted molar refractivity (Wildman–Crippen MR) is 75.4 cm³/mol. The Morgan fingerprint density at radius 2 is 2.28 bits per heavy atom. The Bertz CT molecular complexity index is 467. The zero-order valence-corrected chi connectivity index (χ0v) is 11.5. The van der Waals surface area contributed by atoms with E-state index in [2.05, 4.69) is 24.8 Å². The Morgan fingerprint density at radius 1 is 1.56 bits per heavy atom. The highest BCUT2D eigenvalue weighted by atomic mass is 15.2. The molecule has 0 amide bonds. The van der Waals surface area contributed by atoms with E-state index >= 15 is 0 Å². The number of nitrogens with two attached hydrogens (primary N) is 1. The van der Waals surface area contributed by atoms with E-state index in [0.29, 0.717) is 6.04 Å². The van der Waals surface area contributed by atoms with E-state index in [4.69, 9.17) is 16.1 Å². The van der Waals surface area contributed by atoms with Crippen LogP contribution in [0.3, 0.4) is 0 Å². The van der Waals surface area contributed by atoms with Crippen molar-refractivity contribution in [1.82, 2.24) is 4.98 Å². The summed E-state index contributed by atoms with van der Waals surface area (Å²) in [5, 5.41) is 7.74. The maximum absolute atomic E-state index is 7.74. The van der Waals surface area contributed by atoms with Gasteiger partial charge in [-0.1, -0.05) is 6.92 Å². The summed E-state index contributed by atoms with van der Waals surface area (Å²) in [7, 11) is 2.03. The van der Waals surface area contributed by atoms with Crippen LogP contribution in [0.25, 0.3) is 0 Å². The third-order valence-electron chi connectivity index (χ3n) is 3.91. The molecule has 1 aromatic rings. The molecule has 1 aromatic heterocycles. The van der Waals surface area contributed by atoms with Crippen molar-refractivity contribution >= 4 is 11.7 Å². The van der Waals surface area contributed by atoms with E-state index in [9.17, 15) is 0 Å². The lowest BCUT2D eigenvalue weighted by atomic mass is 10.1. The standard InChI is InChI=1S/C14H22N4/c1-4-9(2)18(3)14-11(13(15)16)8-10-6-5-7-12(10)17-14/h8-9H,4-7H2,1-3H3,(H3,15,16). The molecule has 18 heavy (non-hydrogen) atoms. The lowest BCUT2D eigenvalue weighted by Gasteiger charge is -2.27. The Balaban J connectivity index is 2.47. The number of anilines is 1. The van der Waals surface area contributed by atoms with Gasteiger partial charge < -0.3 is 10.6 Å². The van der Waals surface area contributed by atoms with Gasteiger partial charge >= 0.3 is 0 Å². The smallest absolute Gasteiger partial charge is 0.139 e. The van der Waals surface area contributed by atoms with Crippen molar-refractivity contribution in [1.29, 1.82) is 5.41 Å². The van der Waals surface area contributed by atoms with E-state index in [1.54, 1.807) is 0 Å². The summed E-state index contributed by atoms with van der Waals surface area (Å²) in [6.45, 7) is 4.32. The molecule has 0 saturated carbocycles. The number of amidine groups is 1. The summed E-state index contributed by atoms with van der Waals surface area (Å²) in [5.41, 5.74) is 8.93. The SMILES string of the molecule is CCC(C)N(C)c1nc2c(cc1C(=N)N)CCC2. The summed E-state index contributed by atoms with van der Waals surface area (Å²) >= 11 is 0. The molecule has 0 spiro atoms. The van der Waals surface area contributed by atoms with Crippen LogP contribution in [-0.4, -0.2) is 23.9 Å². The highest BCUT2D eigenvalue weighted by Crippen LogP contribution is 2.27. The Labute approximate surface area is 109 Å². The summed E-state index contributed by atoms with van der Waals surface area (Å²) in [5.74, 6) is 0.972. The Morgan fingerprint density at radius 3 is 2.89 bits per heavy atom. The van der Waals surface area contributed by atoms with Gasteiger partial charge in [-0.15, -0.1) is 0 Å². The van der Waals surface area contributed by atoms with Crippen molar-refractivity contribution in [3.63, 3.8) is 0 Å². The van der Waals surface area contributed by atoms with E-state index in [0.717, 1.165) is 37.1 Å². The number of fused-ring (bicyclic) bond motifs is 1. The molecule has 1 unspecified atom stereocenters. The molecule has 0 aromatic carbocycles. The second-order valence-electron chi connectivity index (χ2n) is 5.10. The maximum atomic E-state index is 7.74. The molecular formula is C14H22N4. The quantitative estimate of drug-likeness (QED) is 0.631. The van der Waals surface area contributed by atoms with Gasteiger partial charge in [0, 0.05) is 18.8 Å². The van der Waals surface area contributed by atoms with Crippen LogP contribution in [0.5, 0.6) is 0 Å². The average molecular weight is 246 g/mol. The number of nitrogens with zero attached hydrogens (tertiary/aromatic N) is 2. The number of nitrogen functional groups attached to an aromatic ring is 1. The summed E-state index contributed by atoms with van der Waals surface area (Å²) in [4.78, 5) is 6.88. The van der Waals surface area contributed by atoms with Crippen LogP contribution in [0.1, 0.15) is 43.5 Å². The van der Waals surface area contributed by atoms with Crippen LogP contribution in [0, 0.1) is 5.41 Å². The molecule has 1 atom stereocenters. The second-order valence-corrected chi connectivity index (χ2v) is 5.10. The average Bonchev–Trinajstić information content (AvgIpc) is 2.82. The molecule has 0 bridgehead atoms. The molecule has 1 aliphatic carbocycles. The van der Waals surface area contributed by atoms with Gasteiger partial charge in [0.2, 0.25) is 0 Å². The molecule has 0 saturated heterocycles. The van der Waals surface area contributed by atoms with E-state index in [-0.39, 0.29) is 5.84 Å². The monoisotopic (exact) mass is 246 g/mol. The van der Waals surface area contributed by atoms with Gasteiger partial charge in [0.25, 0.3) is 0 Å². The first-order valence-electron chi connectivity index (χ1n) is 6.64. The number of pyridine rings is 1. The van der Waals surface area contributed by atoms with Gasteiger partial charge in [0.05, 0.1) is 5.56 Å². The highest BCUT2D eigenvalue weighted by Gasteiger charge is 2.21. The second kappa shape index (κ2) is 4.96. The zero-order chi connectivity index (χ0) is 13.3. The fourth-order valence-corrected chi connectivity index (χ4v) is 2.41. The van der Waals surface area contributed by atoms with Gasteiger partial charge in [-0.05, 0) is 44.2 Å². The van der Waals surface area contributed by atoms with E-state index < -0.39 is 0 Å². The molecular weight excluding hydrogens is 224 g/mol. The van der Waals surface area contributed by atoms with Gasteiger partial charge in [-0.3, -0.25) is 5.41 Å². The minimum absolute atomic E-state index is 0.113. The molecule has 2 rings (SSSR count). The van der Waals surface area contributed by atoms with Crippen molar-refractivity contribution in [2.45, 2.75) is 45.6 Å². The first kappa shape index (κ1) is 12.9. The number of hydrogen-bond donors (Lipinski definition) is 2. The highest BCUT2D eigenvalue weighted by molar-refractivity contribution is 5.99. The van der Waals surface area contributed by atoms with Crippen LogP contribution >= 0.6 is 0 Å². The zero-order valence-electron chi connectivity index (χ0n) is 11.5. The molecule has 0 radical (unpaired) electrons. The van der Waals surface area contributed by atoms with Crippen LogP contribution in [0.4, 0.5) is 5.82 Å². The lowest BCUT2D eigenvalue weighted by Crippen LogP contribution is -2.31.